The fourth-order valence-electron chi connectivity index (χ4n) is 4.71. The summed E-state index contributed by atoms with van der Waals surface area (Å²) in [5.41, 5.74) is -0.124. The van der Waals surface area contributed by atoms with Crippen molar-refractivity contribution in [2.45, 2.75) is 24.4 Å². The van der Waals surface area contributed by atoms with E-state index >= 15 is 0 Å². The third-order valence-electron chi connectivity index (χ3n) is 6.44. The molecule has 0 radical (unpaired) electrons. The molecule has 2 atom stereocenters. The molecule has 2 bridgehead atoms. The quantitative estimate of drug-likeness (QED) is 0.720. The highest BCUT2D eigenvalue weighted by Crippen LogP contribution is 2.40. The van der Waals surface area contributed by atoms with Crippen molar-refractivity contribution in [3.05, 3.63) is 77.4 Å². The van der Waals surface area contributed by atoms with Crippen LogP contribution in [-0.4, -0.2) is 46.9 Å². The van der Waals surface area contributed by atoms with Gasteiger partial charge in [0.25, 0.3) is 0 Å². The first-order valence-corrected chi connectivity index (χ1v) is 10.2. The van der Waals surface area contributed by atoms with Gasteiger partial charge in [-0.05, 0) is 55.1 Å². The second kappa shape index (κ2) is 7.28. The number of fused-ring (bicyclic) bond motifs is 3. The molecule has 1 N–H and O–H groups in total. The maximum atomic E-state index is 11.9. The molecular formula is C23H25N3O3. The average Bonchev–Trinajstić information content (AvgIpc) is 3.31. The van der Waals surface area contributed by atoms with Gasteiger partial charge < -0.3 is 19.3 Å². The Labute approximate surface area is 170 Å². The number of hydrogen-bond acceptors (Lipinski definition) is 6. The van der Waals surface area contributed by atoms with Gasteiger partial charge in [-0.2, -0.15) is 4.98 Å². The maximum absolute atomic E-state index is 11.9. The lowest BCUT2D eigenvalue weighted by atomic mass is 9.79. The van der Waals surface area contributed by atoms with Crippen LogP contribution in [0.4, 0.5) is 0 Å². The first-order valence-electron chi connectivity index (χ1n) is 10.2. The molecule has 2 aromatic carbocycles. The Kier molecular flexibility index (Phi) is 4.60. The lowest BCUT2D eigenvalue weighted by Gasteiger charge is -2.43. The van der Waals surface area contributed by atoms with Crippen molar-refractivity contribution in [2.75, 3.05) is 26.7 Å². The van der Waals surface area contributed by atoms with Gasteiger partial charge in [-0.1, -0.05) is 47.6 Å². The second-order valence-electron chi connectivity index (χ2n) is 8.01. The topological polar surface area (TPSA) is 71.6 Å². The van der Waals surface area contributed by atoms with E-state index in [2.05, 4.69) is 10.1 Å². The minimum Gasteiger partial charge on any atom is -0.497 e. The molecule has 150 valence electrons. The van der Waals surface area contributed by atoms with Gasteiger partial charge in [-0.25, -0.2) is 0 Å². The first kappa shape index (κ1) is 18.3. The molecule has 1 aromatic heterocycles. The summed E-state index contributed by atoms with van der Waals surface area (Å²) in [7, 11) is 1.62. The lowest BCUT2D eigenvalue weighted by Crippen LogP contribution is -2.46. The fourth-order valence-corrected chi connectivity index (χ4v) is 4.71. The third-order valence-corrected chi connectivity index (χ3v) is 6.44. The number of methoxy groups -OCH3 is 1. The van der Waals surface area contributed by atoms with Crippen molar-refractivity contribution in [3.8, 4) is 5.75 Å². The molecule has 6 rings (SSSR count). The van der Waals surface area contributed by atoms with Gasteiger partial charge in [0.1, 0.15) is 5.75 Å². The van der Waals surface area contributed by atoms with Crippen LogP contribution in [0.2, 0.25) is 0 Å². The Bertz CT molecular complexity index is 965. The van der Waals surface area contributed by atoms with Crippen molar-refractivity contribution in [1.82, 2.24) is 15.0 Å². The summed E-state index contributed by atoms with van der Waals surface area (Å²) < 4.78 is 11.0. The highest BCUT2D eigenvalue weighted by Gasteiger charge is 2.42. The van der Waals surface area contributed by atoms with Gasteiger partial charge in [0.15, 0.2) is 5.60 Å². The van der Waals surface area contributed by atoms with Gasteiger partial charge in [-0.15, -0.1) is 0 Å². The molecule has 0 spiro atoms. The normalized spacial score (nSPS) is 25.5. The zero-order valence-corrected chi connectivity index (χ0v) is 16.5. The molecule has 4 heterocycles. The molecule has 6 heteroatoms. The van der Waals surface area contributed by atoms with Crippen LogP contribution < -0.4 is 4.74 Å². The first-order chi connectivity index (χ1) is 14.2. The van der Waals surface area contributed by atoms with Crippen molar-refractivity contribution in [3.63, 3.8) is 0 Å². The molecule has 6 nitrogen and oxygen atoms in total. The number of hydrogen-bond donors (Lipinski definition) is 1. The molecular weight excluding hydrogens is 366 g/mol. The summed E-state index contributed by atoms with van der Waals surface area (Å²) in [5.74, 6) is 2.47. The number of benzene rings is 2. The van der Waals surface area contributed by atoms with Crippen molar-refractivity contribution < 1.29 is 14.4 Å². The largest absolute Gasteiger partial charge is 0.497 e. The van der Waals surface area contributed by atoms with Crippen LogP contribution in [0.5, 0.6) is 5.75 Å². The van der Waals surface area contributed by atoms with E-state index in [1.54, 1.807) is 7.11 Å². The van der Waals surface area contributed by atoms with E-state index in [0.717, 1.165) is 25.4 Å². The Morgan fingerprint density at radius 1 is 1.03 bits per heavy atom. The molecule has 0 amide bonds. The van der Waals surface area contributed by atoms with E-state index in [-0.39, 0.29) is 11.7 Å². The van der Waals surface area contributed by atoms with E-state index in [9.17, 15) is 5.11 Å². The van der Waals surface area contributed by atoms with Crippen LogP contribution in [0.3, 0.4) is 0 Å². The Balaban J connectivity index is 1.56. The molecule has 0 aliphatic carbocycles. The fraction of sp³-hybridized carbons (Fsp3) is 0.391. The van der Waals surface area contributed by atoms with Gasteiger partial charge in [0.05, 0.1) is 13.0 Å². The molecule has 2 unspecified atom stereocenters. The van der Waals surface area contributed by atoms with Crippen molar-refractivity contribution in [1.29, 1.82) is 0 Å². The molecule has 3 aliphatic rings. The van der Waals surface area contributed by atoms with Gasteiger partial charge in [-0.3, -0.25) is 0 Å². The minimum absolute atomic E-state index is 0.245. The minimum atomic E-state index is -1.50. The Morgan fingerprint density at radius 2 is 1.72 bits per heavy atom. The molecule has 3 fully saturated rings. The summed E-state index contributed by atoms with van der Waals surface area (Å²) in [4.78, 5) is 7.19. The number of rotatable bonds is 5. The highest BCUT2D eigenvalue weighted by atomic mass is 16.5. The number of piperidine rings is 3. The molecule has 3 aliphatic heterocycles. The number of ether oxygens (including phenoxy) is 1. The molecule has 29 heavy (non-hydrogen) atoms. The van der Waals surface area contributed by atoms with Crippen LogP contribution in [0.25, 0.3) is 0 Å². The highest BCUT2D eigenvalue weighted by molar-refractivity contribution is 5.44. The second-order valence-corrected chi connectivity index (χ2v) is 8.01. The third kappa shape index (κ3) is 3.12. The van der Waals surface area contributed by atoms with Crippen molar-refractivity contribution >= 4 is 0 Å². The van der Waals surface area contributed by atoms with Crippen LogP contribution in [0.15, 0.2) is 59.1 Å². The number of aliphatic hydroxyl groups is 1. The zero-order valence-electron chi connectivity index (χ0n) is 16.5. The predicted molar refractivity (Wildman–Crippen MR) is 108 cm³/mol. The number of aromatic nitrogens is 2. The van der Waals surface area contributed by atoms with Crippen LogP contribution in [0.1, 0.15) is 41.6 Å². The van der Waals surface area contributed by atoms with Crippen LogP contribution >= 0.6 is 0 Å². The maximum Gasteiger partial charge on any atom is 0.231 e. The zero-order chi connectivity index (χ0) is 19.8. The summed E-state index contributed by atoms with van der Waals surface area (Å²) in [6, 6.07) is 16.8. The number of nitrogens with zero attached hydrogens (tertiary/aromatic N) is 3. The van der Waals surface area contributed by atoms with E-state index < -0.39 is 5.60 Å². The summed E-state index contributed by atoms with van der Waals surface area (Å²) in [6.07, 6.45) is 2.34. The monoisotopic (exact) mass is 391 g/mol. The molecule has 3 aromatic rings. The lowest BCUT2D eigenvalue weighted by molar-refractivity contribution is 0.0726. The Hall–Kier alpha value is -2.70. The average molecular weight is 391 g/mol. The van der Waals surface area contributed by atoms with Gasteiger partial charge >= 0.3 is 0 Å². The Morgan fingerprint density at radius 3 is 2.34 bits per heavy atom. The summed E-state index contributed by atoms with van der Waals surface area (Å²) in [6.45, 7) is 3.27. The summed E-state index contributed by atoms with van der Waals surface area (Å²) in [5, 5.41) is 16.2. The molecule has 0 saturated carbocycles. The van der Waals surface area contributed by atoms with Gasteiger partial charge in [0.2, 0.25) is 11.7 Å². The van der Waals surface area contributed by atoms with E-state index in [1.807, 2.05) is 54.6 Å². The van der Waals surface area contributed by atoms with E-state index in [4.69, 9.17) is 14.2 Å². The summed E-state index contributed by atoms with van der Waals surface area (Å²) >= 11 is 0. The smallest absolute Gasteiger partial charge is 0.231 e. The van der Waals surface area contributed by atoms with E-state index in [1.165, 1.54) is 12.8 Å². The predicted octanol–water partition coefficient (Wildman–Crippen LogP) is 3.17. The standard InChI is InChI=1S/C23H25N3O3/c1-28-19-9-7-18(8-10-19)23(27,17-5-3-2-4-6-17)22-24-21(29-25-22)20-15-26-13-11-16(20)12-14-26/h2-10,16,20,27H,11-15H2,1H3. The van der Waals surface area contributed by atoms with Gasteiger partial charge in [0, 0.05) is 6.54 Å². The van der Waals surface area contributed by atoms with Crippen molar-refractivity contribution in [2.24, 2.45) is 5.92 Å². The SMILES string of the molecule is COc1ccc(C(O)(c2ccccc2)c2noc(C3CN4CCC3CC4)n2)cc1. The van der Waals surface area contributed by atoms with Crippen LogP contribution in [-0.2, 0) is 5.60 Å². The van der Waals surface area contributed by atoms with E-state index in [0.29, 0.717) is 22.9 Å². The van der Waals surface area contributed by atoms with Crippen LogP contribution in [0, 0.1) is 5.92 Å². The molecule has 3 saturated heterocycles.